The van der Waals surface area contributed by atoms with E-state index < -0.39 is 5.41 Å². The Morgan fingerprint density at radius 1 is 1.20 bits per heavy atom. The Balaban J connectivity index is 1.41. The first-order valence-electron chi connectivity index (χ1n) is 13.7. The van der Waals surface area contributed by atoms with E-state index in [-0.39, 0.29) is 17.9 Å². The maximum absolute atomic E-state index is 13.8. The first kappa shape index (κ1) is 28.1. The number of hydrogen-bond acceptors (Lipinski definition) is 6. The Morgan fingerprint density at radius 2 is 1.93 bits per heavy atom. The molecular formula is C30H36ClN5O4. The molecule has 40 heavy (non-hydrogen) atoms. The van der Waals surface area contributed by atoms with Crippen molar-refractivity contribution in [3.8, 4) is 5.75 Å². The number of amides is 2. The van der Waals surface area contributed by atoms with Crippen LogP contribution >= 0.6 is 11.6 Å². The third-order valence-corrected chi connectivity index (χ3v) is 7.41. The van der Waals surface area contributed by atoms with Gasteiger partial charge in [0.05, 0.1) is 40.5 Å². The minimum absolute atomic E-state index is 0.0787. The fourth-order valence-corrected chi connectivity index (χ4v) is 5.46. The molecule has 10 heteroatoms. The molecule has 2 aliphatic heterocycles. The summed E-state index contributed by atoms with van der Waals surface area (Å²) in [5.74, 6) is 0.237. The molecular weight excluding hydrogens is 530 g/mol. The molecule has 2 amide bonds. The first-order valence-corrected chi connectivity index (χ1v) is 14.0. The normalized spacial score (nSPS) is 17.4. The topological polar surface area (TPSA) is 99.8 Å². The molecule has 0 bridgehead atoms. The highest BCUT2D eigenvalue weighted by molar-refractivity contribution is 6.31. The molecule has 0 atom stereocenters. The predicted octanol–water partition coefficient (Wildman–Crippen LogP) is 4.23. The summed E-state index contributed by atoms with van der Waals surface area (Å²) in [6.07, 6.45) is 3.25. The molecule has 0 saturated carbocycles. The SMILES string of the molecule is CC(C)NC(=O)C1=CN(C(=O)c2ccc(OCCN3CCOCC3)cc2)CC(C)(C)c2c1[nH]c1cc(Cl)cnc21. The Bertz CT molecular complexity index is 1420. The first-order chi connectivity index (χ1) is 19.1. The third kappa shape index (κ3) is 6.01. The summed E-state index contributed by atoms with van der Waals surface area (Å²) in [6, 6.07) is 8.89. The number of hydrogen-bond donors (Lipinski definition) is 2. The zero-order chi connectivity index (χ0) is 28.4. The van der Waals surface area contributed by atoms with Crippen LogP contribution in [0.2, 0.25) is 5.02 Å². The molecule has 2 aromatic heterocycles. The molecule has 5 rings (SSSR count). The number of carbonyl (C=O) groups is 2. The Morgan fingerprint density at radius 3 is 2.62 bits per heavy atom. The minimum atomic E-state index is -0.525. The zero-order valence-electron chi connectivity index (χ0n) is 23.4. The average Bonchev–Trinajstić information content (AvgIpc) is 3.25. The molecule has 0 aliphatic carbocycles. The van der Waals surface area contributed by atoms with Gasteiger partial charge in [-0.2, -0.15) is 0 Å². The number of H-pyrrole nitrogens is 1. The second-order valence-electron chi connectivity index (χ2n) is 11.2. The molecule has 1 saturated heterocycles. The predicted molar refractivity (Wildman–Crippen MR) is 156 cm³/mol. The summed E-state index contributed by atoms with van der Waals surface area (Å²) in [4.78, 5) is 39.1. The number of halogens is 1. The van der Waals surface area contributed by atoms with Gasteiger partial charge in [0.1, 0.15) is 12.4 Å². The number of carbonyl (C=O) groups excluding carboxylic acids is 2. The fraction of sp³-hybridized carbons (Fsp3) is 0.433. The Hall–Kier alpha value is -3.40. The molecule has 0 spiro atoms. The summed E-state index contributed by atoms with van der Waals surface area (Å²) < 4.78 is 11.3. The van der Waals surface area contributed by atoms with Crippen molar-refractivity contribution < 1.29 is 19.1 Å². The Labute approximate surface area is 239 Å². The van der Waals surface area contributed by atoms with Gasteiger partial charge in [0.2, 0.25) is 0 Å². The van der Waals surface area contributed by atoms with Crippen molar-refractivity contribution in [2.24, 2.45) is 0 Å². The maximum Gasteiger partial charge on any atom is 0.257 e. The van der Waals surface area contributed by atoms with Gasteiger partial charge in [-0.3, -0.25) is 19.5 Å². The quantitative estimate of drug-likeness (QED) is 0.445. The lowest BCUT2D eigenvalue weighted by Gasteiger charge is -2.29. The van der Waals surface area contributed by atoms with Crippen molar-refractivity contribution in [1.29, 1.82) is 0 Å². The smallest absolute Gasteiger partial charge is 0.257 e. The van der Waals surface area contributed by atoms with Crippen LogP contribution < -0.4 is 10.1 Å². The van der Waals surface area contributed by atoms with E-state index in [0.29, 0.717) is 40.8 Å². The summed E-state index contributed by atoms with van der Waals surface area (Å²) in [5.41, 5.74) is 3.37. The lowest BCUT2D eigenvalue weighted by atomic mass is 9.82. The highest BCUT2D eigenvalue weighted by Gasteiger charge is 2.37. The van der Waals surface area contributed by atoms with E-state index >= 15 is 0 Å². The summed E-state index contributed by atoms with van der Waals surface area (Å²) >= 11 is 6.22. The van der Waals surface area contributed by atoms with E-state index in [0.717, 1.165) is 49.4 Å². The molecule has 9 nitrogen and oxygen atoms in total. The van der Waals surface area contributed by atoms with E-state index in [9.17, 15) is 9.59 Å². The van der Waals surface area contributed by atoms with Gasteiger partial charge in [0.15, 0.2) is 0 Å². The number of nitrogens with zero attached hydrogens (tertiary/aromatic N) is 3. The third-order valence-electron chi connectivity index (χ3n) is 7.20. The van der Waals surface area contributed by atoms with Crippen molar-refractivity contribution in [2.75, 3.05) is 46.0 Å². The maximum atomic E-state index is 13.8. The number of rotatable bonds is 7. The summed E-state index contributed by atoms with van der Waals surface area (Å²) in [6.45, 7) is 13.0. The van der Waals surface area contributed by atoms with Gasteiger partial charge >= 0.3 is 0 Å². The van der Waals surface area contributed by atoms with Gasteiger partial charge in [0, 0.05) is 61.2 Å². The van der Waals surface area contributed by atoms with Gasteiger partial charge in [-0.1, -0.05) is 25.4 Å². The molecule has 1 fully saturated rings. The van der Waals surface area contributed by atoms with Crippen molar-refractivity contribution in [3.63, 3.8) is 0 Å². The molecule has 0 radical (unpaired) electrons. The van der Waals surface area contributed by atoms with Crippen LogP contribution in [0.4, 0.5) is 0 Å². The van der Waals surface area contributed by atoms with Gasteiger partial charge < -0.3 is 24.7 Å². The fourth-order valence-electron chi connectivity index (χ4n) is 5.30. The molecule has 212 valence electrons. The number of morpholine rings is 1. The largest absolute Gasteiger partial charge is 0.492 e. The molecule has 2 N–H and O–H groups in total. The van der Waals surface area contributed by atoms with E-state index in [1.165, 1.54) is 0 Å². The summed E-state index contributed by atoms with van der Waals surface area (Å²) in [7, 11) is 0. The number of aromatic amines is 1. The van der Waals surface area contributed by atoms with Crippen LogP contribution in [0.1, 0.15) is 49.3 Å². The van der Waals surface area contributed by atoms with Gasteiger partial charge in [-0.15, -0.1) is 0 Å². The second-order valence-corrected chi connectivity index (χ2v) is 11.7. The molecule has 0 unspecified atom stereocenters. The van der Waals surface area contributed by atoms with Gasteiger partial charge in [0.25, 0.3) is 11.8 Å². The standard InChI is InChI=1S/C30H36ClN5O4/c1-19(2)33-28(37)23-17-36(18-30(3,4)25-26(23)34-24-15-21(31)16-32-27(24)25)29(38)20-5-7-22(8-6-20)40-14-11-35-9-12-39-13-10-35/h5-8,15-17,19,34H,9-14,18H2,1-4H3,(H,33,37). The van der Waals surface area contributed by atoms with E-state index in [1.807, 2.05) is 26.0 Å². The van der Waals surface area contributed by atoms with Crippen molar-refractivity contribution in [1.82, 2.24) is 25.1 Å². The van der Waals surface area contributed by atoms with Crippen LogP contribution in [-0.4, -0.2) is 83.6 Å². The number of aromatic nitrogens is 2. The Kier molecular flexibility index (Phi) is 8.16. The molecule has 2 aliphatic rings. The lowest BCUT2D eigenvalue weighted by Crippen LogP contribution is -2.38. The van der Waals surface area contributed by atoms with Crippen LogP contribution in [0.15, 0.2) is 42.7 Å². The zero-order valence-corrected chi connectivity index (χ0v) is 24.2. The number of pyridine rings is 1. The summed E-state index contributed by atoms with van der Waals surface area (Å²) in [5, 5.41) is 3.48. The second kappa shape index (κ2) is 11.6. The van der Waals surface area contributed by atoms with Crippen LogP contribution in [0.25, 0.3) is 16.6 Å². The van der Waals surface area contributed by atoms with E-state index in [4.69, 9.17) is 21.1 Å². The molecule has 4 heterocycles. The van der Waals surface area contributed by atoms with Crippen LogP contribution in [0, 0.1) is 0 Å². The highest BCUT2D eigenvalue weighted by atomic mass is 35.5. The average molecular weight is 566 g/mol. The van der Waals surface area contributed by atoms with Crippen molar-refractivity contribution in [2.45, 2.75) is 39.2 Å². The molecule has 1 aromatic carbocycles. The van der Waals surface area contributed by atoms with Crippen LogP contribution in [0.3, 0.4) is 0 Å². The van der Waals surface area contributed by atoms with E-state index in [2.05, 4.69) is 34.0 Å². The van der Waals surface area contributed by atoms with Crippen LogP contribution in [0.5, 0.6) is 5.75 Å². The highest BCUT2D eigenvalue weighted by Crippen LogP contribution is 2.40. The lowest BCUT2D eigenvalue weighted by molar-refractivity contribution is -0.116. The number of benzene rings is 1. The number of ether oxygens (including phenoxy) is 2. The van der Waals surface area contributed by atoms with Gasteiger partial charge in [-0.05, 0) is 44.2 Å². The van der Waals surface area contributed by atoms with Gasteiger partial charge in [-0.25, -0.2) is 0 Å². The number of nitrogens with one attached hydrogen (secondary N) is 2. The monoisotopic (exact) mass is 565 g/mol. The van der Waals surface area contributed by atoms with Crippen molar-refractivity contribution in [3.05, 3.63) is 64.6 Å². The van der Waals surface area contributed by atoms with Crippen molar-refractivity contribution >= 4 is 40.0 Å². The minimum Gasteiger partial charge on any atom is -0.492 e. The van der Waals surface area contributed by atoms with E-state index in [1.54, 1.807) is 35.5 Å². The molecule has 3 aromatic rings. The van der Waals surface area contributed by atoms with Crippen LogP contribution in [-0.2, 0) is 14.9 Å². The number of fused-ring (bicyclic) bond motifs is 3.